The minimum atomic E-state index is -4.37. The molecular weight excluding hydrogens is 335 g/mol. The van der Waals surface area contributed by atoms with Crippen LogP contribution in [0.3, 0.4) is 0 Å². The molecule has 1 aromatic carbocycles. The number of alkyl halides is 3. The van der Waals surface area contributed by atoms with E-state index in [0.717, 1.165) is 18.4 Å². The highest BCUT2D eigenvalue weighted by Crippen LogP contribution is 2.37. The second-order valence-electron chi connectivity index (χ2n) is 4.63. The molecule has 0 bridgehead atoms. The smallest absolute Gasteiger partial charge is 0.417 e. The van der Waals surface area contributed by atoms with Crippen LogP contribution in [-0.2, 0) is 10.9 Å². The normalized spacial score (nSPS) is 17.4. The molecule has 1 heterocycles. The van der Waals surface area contributed by atoms with E-state index in [1.165, 1.54) is 12.1 Å². The molecule has 6 heteroatoms. The summed E-state index contributed by atoms with van der Waals surface area (Å²) in [5, 5.41) is 3.06. The van der Waals surface area contributed by atoms with Crippen molar-refractivity contribution in [3.8, 4) is 0 Å². The number of halogens is 4. The van der Waals surface area contributed by atoms with E-state index in [0.29, 0.717) is 12.2 Å². The van der Waals surface area contributed by atoms with Gasteiger partial charge in [0.25, 0.3) is 0 Å². The molecule has 1 N–H and O–H groups in total. The number of rotatable bonds is 3. The lowest BCUT2D eigenvalue weighted by Gasteiger charge is -2.24. The predicted octanol–water partition coefficient (Wildman–Crippen LogP) is 4.42. The van der Waals surface area contributed by atoms with E-state index < -0.39 is 11.7 Å². The van der Waals surface area contributed by atoms with Crippen LogP contribution in [0.1, 0.15) is 30.0 Å². The Bertz CT molecular complexity index is 514. The fourth-order valence-electron chi connectivity index (χ4n) is 2.30. The van der Waals surface area contributed by atoms with E-state index in [1.54, 1.807) is 19.4 Å². The molecule has 1 unspecified atom stereocenters. The van der Waals surface area contributed by atoms with Crippen LogP contribution >= 0.6 is 15.9 Å². The molecule has 0 spiro atoms. The summed E-state index contributed by atoms with van der Waals surface area (Å²) in [5.41, 5.74) is 0.890. The highest BCUT2D eigenvalue weighted by Gasteiger charge is 2.34. The number of ether oxygens (including phenoxy) is 1. The Morgan fingerprint density at radius 1 is 1.35 bits per heavy atom. The number of hydrogen-bond donors (Lipinski definition) is 1. The first-order valence-electron chi connectivity index (χ1n) is 6.28. The quantitative estimate of drug-likeness (QED) is 0.871. The van der Waals surface area contributed by atoms with Crippen LogP contribution in [0.2, 0.25) is 0 Å². The van der Waals surface area contributed by atoms with E-state index in [9.17, 15) is 13.2 Å². The van der Waals surface area contributed by atoms with Crippen molar-refractivity contribution in [3.63, 3.8) is 0 Å². The van der Waals surface area contributed by atoms with Gasteiger partial charge in [-0.1, -0.05) is 22.0 Å². The maximum atomic E-state index is 12.9. The molecule has 0 radical (unpaired) electrons. The van der Waals surface area contributed by atoms with Gasteiger partial charge in [0, 0.05) is 4.47 Å². The lowest BCUT2D eigenvalue weighted by Crippen LogP contribution is -2.21. The molecule has 0 aromatic heterocycles. The number of hydrogen-bond acceptors (Lipinski definition) is 2. The molecular formula is C14H15BrF3NO. The number of likely N-dealkylation sites (N-methyl/N-ethyl adjacent to an activating group) is 1. The predicted molar refractivity (Wildman–Crippen MR) is 74.2 cm³/mol. The van der Waals surface area contributed by atoms with Crippen molar-refractivity contribution in [1.29, 1.82) is 0 Å². The zero-order valence-corrected chi connectivity index (χ0v) is 12.5. The summed E-state index contributed by atoms with van der Waals surface area (Å²) >= 11 is 2.95. The second-order valence-corrected chi connectivity index (χ2v) is 5.48. The summed E-state index contributed by atoms with van der Waals surface area (Å²) in [6, 6.07) is 4.05. The first-order chi connectivity index (χ1) is 9.43. The average molecular weight is 350 g/mol. The van der Waals surface area contributed by atoms with E-state index in [-0.39, 0.29) is 10.5 Å². The van der Waals surface area contributed by atoms with Crippen LogP contribution in [0.15, 0.2) is 34.5 Å². The molecule has 1 aliphatic heterocycles. The van der Waals surface area contributed by atoms with E-state index >= 15 is 0 Å². The van der Waals surface area contributed by atoms with Crippen molar-refractivity contribution in [3.05, 3.63) is 45.6 Å². The van der Waals surface area contributed by atoms with Crippen LogP contribution < -0.4 is 5.32 Å². The monoisotopic (exact) mass is 349 g/mol. The standard InChI is InChI=1S/C14H15BrF3NO/c1-19-13(10-3-2-6-20-8-10)9-4-5-12(15)11(7-9)14(16,17)18/h4-5,7-8,13,19H,2-3,6H2,1H3. The molecule has 0 aliphatic carbocycles. The Hall–Kier alpha value is -1.01. The van der Waals surface area contributed by atoms with Crippen LogP contribution in [-0.4, -0.2) is 13.7 Å². The average Bonchev–Trinajstić information content (AvgIpc) is 2.41. The molecule has 20 heavy (non-hydrogen) atoms. The Balaban J connectivity index is 2.38. The SMILES string of the molecule is CNC(C1=COCCC1)c1ccc(Br)c(C(F)(F)F)c1. The van der Waals surface area contributed by atoms with Gasteiger partial charge < -0.3 is 10.1 Å². The molecule has 110 valence electrons. The van der Waals surface area contributed by atoms with Crippen molar-refractivity contribution in [2.24, 2.45) is 0 Å². The zero-order chi connectivity index (χ0) is 14.8. The Kier molecular flexibility index (Phi) is 4.75. The van der Waals surface area contributed by atoms with Crippen molar-refractivity contribution in [1.82, 2.24) is 5.32 Å². The van der Waals surface area contributed by atoms with Gasteiger partial charge in [-0.15, -0.1) is 0 Å². The lowest BCUT2D eigenvalue weighted by molar-refractivity contribution is -0.138. The van der Waals surface area contributed by atoms with Crippen molar-refractivity contribution in [2.45, 2.75) is 25.1 Å². The van der Waals surface area contributed by atoms with Crippen LogP contribution in [0.25, 0.3) is 0 Å². The molecule has 0 saturated carbocycles. The largest absolute Gasteiger partial charge is 0.501 e. The highest BCUT2D eigenvalue weighted by molar-refractivity contribution is 9.10. The van der Waals surface area contributed by atoms with E-state index in [4.69, 9.17) is 4.74 Å². The van der Waals surface area contributed by atoms with Gasteiger partial charge in [0.2, 0.25) is 0 Å². The Morgan fingerprint density at radius 3 is 2.65 bits per heavy atom. The third kappa shape index (κ3) is 3.35. The van der Waals surface area contributed by atoms with E-state index in [1.807, 2.05) is 0 Å². The van der Waals surface area contributed by atoms with Gasteiger partial charge in [0.1, 0.15) is 0 Å². The van der Waals surface area contributed by atoms with Gasteiger partial charge in [-0.05, 0) is 43.2 Å². The third-order valence-electron chi connectivity index (χ3n) is 3.25. The topological polar surface area (TPSA) is 21.3 Å². The van der Waals surface area contributed by atoms with Gasteiger partial charge in [-0.25, -0.2) is 0 Å². The van der Waals surface area contributed by atoms with Gasteiger partial charge >= 0.3 is 6.18 Å². The minimum absolute atomic E-state index is 0.0532. The molecule has 2 nitrogen and oxygen atoms in total. The Labute approximate surface area is 124 Å². The van der Waals surface area contributed by atoms with Crippen molar-refractivity contribution < 1.29 is 17.9 Å². The number of benzene rings is 1. The maximum Gasteiger partial charge on any atom is 0.417 e. The zero-order valence-electron chi connectivity index (χ0n) is 10.9. The van der Waals surface area contributed by atoms with Crippen LogP contribution in [0, 0.1) is 0 Å². The molecule has 2 rings (SSSR count). The highest BCUT2D eigenvalue weighted by atomic mass is 79.9. The summed E-state index contributed by atoms with van der Waals surface area (Å²) < 4.78 is 44.2. The van der Waals surface area contributed by atoms with Crippen molar-refractivity contribution in [2.75, 3.05) is 13.7 Å². The van der Waals surface area contributed by atoms with Crippen molar-refractivity contribution >= 4 is 15.9 Å². The second kappa shape index (κ2) is 6.18. The van der Waals surface area contributed by atoms with Crippen LogP contribution in [0.5, 0.6) is 0 Å². The fourth-order valence-corrected chi connectivity index (χ4v) is 2.77. The van der Waals surface area contributed by atoms with Gasteiger partial charge in [0.15, 0.2) is 0 Å². The summed E-state index contributed by atoms with van der Waals surface area (Å²) in [4.78, 5) is 0. The van der Waals surface area contributed by atoms with Gasteiger partial charge in [-0.3, -0.25) is 0 Å². The summed E-state index contributed by atoms with van der Waals surface area (Å²) in [6.07, 6.45) is -1.01. The molecule has 1 atom stereocenters. The molecule has 1 aliphatic rings. The summed E-state index contributed by atoms with van der Waals surface area (Å²) in [5.74, 6) is 0. The maximum absolute atomic E-state index is 12.9. The molecule has 0 amide bonds. The van der Waals surface area contributed by atoms with E-state index in [2.05, 4.69) is 21.2 Å². The first kappa shape index (κ1) is 15.4. The summed E-state index contributed by atoms with van der Waals surface area (Å²) in [6.45, 7) is 0.661. The van der Waals surface area contributed by atoms with Gasteiger partial charge in [0.05, 0.1) is 24.5 Å². The molecule has 0 fully saturated rings. The first-order valence-corrected chi connectivity index (χ1v) is 7.07. The molecule has 1 aromatic rings. The summed E-state index contributed by atoms with van der Waals surface area (Å²) in [7, 11) is 1.73. The Morgan fingerprint density at radius 2 is 2.10 bits per heavy atom. The fraction of sp³-hybridized carbons (Fsp3) is 0.429. The molecule has 0 saturated heterocycles. The number of nitrogens with one attached hydrogen (secondary N) is 1. The van der Waals surface area contributed by atoms with Gasteiger partial charge in [-0.2, -0.15) is 13.2 Å². The minimum Gasteiger partial charge on any atom is -0.501 e. The third-order valence-corrected chi connectivity index (χ3v) is 3.94. The van der Waals surface area contributed by atoms with Crippen LogP contribution in [0.4, 0.5) is 13.2 Å². The lowest BCUT2D eigenvalue weighted by atomic mass is 9.94.